The van der Waals surface area contributed by atoms with Crippen molar-refractivity contribution >= 4 is 18.9 Å². The molecule has 0 aliphatic carbocycles. The second-order valence-corrected chi connectivity index (χ2v) is 10.9. The van der Waals surface area contributed by atoms with Crippen LogP contribution < -0.4 is 33.6 Å². The van der Waals surface area contributed by atoms with E-state index in [0.29, 0.717) is 0 Å². The molecule has 1 aromatic carbocycles. The fourth-order valence-corrected chi connectivity index (χ4v) is 2.58. The summed E-state index contributed by atoms with van der Waals surface area (Å²) >= 11 is 0. The molecular formula is C12H22INSi. The lowest BCUT2D eigenvalue weighted by atomic mass is 10.3. The molecule has 1 nitrogen and oxygen atoms in total. The molecule has 0 saturated heterocycles. The predicted octanol–water partition coefficient (Wildman–Crippen LogP) is -0.567. The number of nitrogens with zero attached hydrogens (tertiary/aromatic N) is 1. The van der Waals surface area contributed by atoms with Gasteiger partial charge in [0.15, 0.2) is 0 Å². The third-order valence-electron chi connectivity index (χ3n) is 2.51. The maximum Gasteiger partial charge on any atom is 0.132 e. The van der Waals surface area contributed by atoms with Gasteiger partial charge in [-0.25, -0.2) is 0 Å². The molecule has 1 aromatic rings. The highest BCUT2D eigenvalue weighted by molar-refractivity contribution is 6.88. The normalized spacial score (nSPS) is 12.1. The first-order chi connectivity index (χ1) is 6.21. The zero-order chi connectivity index (χ0) is 11.0. The Hall–Kier alpha value is 0.127. The molecule has 0 atom stereocenters. The standard InChI is InChI=1S/C12H22NSi.HI/c1-13(2,3)11-7-9-12(10-8-11)14(4,5)6;/h7-10H,1-6H3;1H/q+1;/p-1. The lowest BCUT2D eigenvalue weighted by Gasteiger charge is -2.24. The van der Waals surface area contributed by atoms with Crippen molar-refractivity contribution < 1.29 is 24.0 Å². The minimum absolute atomic E-state index is 0. The minimum atomic E-state index is -1.12. The van der Waals surface area contributed by atoms with Crippen LogP contribution in [0.3, 0.4) is 0 Å². The Labute approximate surface area is 112 Å². The molecule has 0 spiro atoms. The molecule has 0 unspecified atom stereocenters. The van der Waals surface area contributed by atoms with E-state index in [2.05, 4.69) is 65.0 Å². The van der Waals surface area contributed by atoms with E-state index >= 15 is 0 Å². The summed E-state index contributed by atoms with van der Waals surface area (Å²) in [5, 5.41) is 1.54. The van der Waals surface area contributed by atoms with Crippen molar-refractivity contribution in [2.75, 3.05) is 21.1 Å². The summed E-state index contributed by atoms with van der Waals surface area (Å²) in [5.74, 6) is 0. The Morgan fingerprint density at radius 3 is 1.53 bits per heavy atom. The van der Waals surface area contributed by atoms with Gasteiger partial charge >= 0.3 is 0 Å². The number of benzene rings is 1. The van der Waals surface area contributed by atoms with Crippen molar-refractivity contribution in [3.8, 4) is 0 Å². The summed E-state index contributed by atoms with van der Waals surface area (Å²) < 4.78 is 0.895. The molecule has 0 bridgehead atoms. The molecule has 15 heavy (non-hydrogen) atoms. The van der Waals surface area contributed by atoms with Gasteiger partial charge in [-0.3, -0.25) is 4.48 Å². The maximum atomic E-state index is 2.38. The largest absolute Gasteiger partial charge is 1.00 e. The van der Waals surface area contributed by atoms with Crippen LogP contribution in [0.4, 0.5) is 5.69 Å². The van der Waals surface area contributed by atoms with Gasteiger partial charge in [-0.05, 0) is 12.1 Å². The number of hydrogen-bond donors (Lipinski definition) is 0. The molecule has 0 saturated carbocycles. The van der Waals surface area contributed by atoms with Crippen molar-refractivity contribution in [3.63, 3.8) is 0 Å². The molecule has 0 aliphatic rings. The van der Waals surface area contributed by atoms with Crippen LogP contribution >= 0.6 is 0 Å². The van der Waals surface area contributed by atoms with Crippen LogP contribution in [0.2, 0.25) is 19.6 Å². The number of quaternary nitrogens is 1. The van der Waals surface area contributed by atoms with Crippen molar-refractivity contribution in [2.45, 2.75) is 19.6 Å². The fourth-order valence-electron chi connectivity index (χ4n) is 1.41. The highest BCUT2D eigenvalue weighted by Gasteiger charge is 2.18. The van der Waals surface area contributed by atoms with Gasteiger partial charge in [0.1, 0.15) is 5.69 Å². The summed E-state index contributed by atoms with van der Waals surface area (Å²) in [4.78, 5) is 0. The quantitative estimate of drug-likeness (QED) is 0.386. The van der Waals surface area contributed by atoms with Crippen molar-refractivity contribution in [1.82, 2.24) is 4.48 Å². The molecule has 1 rings (SSSR count). The van der Waals surface area contributed by atoms with Crippen LogP contribution in [0.1, 0.15) is 0 Å². The molecular weight excluding hydrogens is 313 g/mol. The number of rotatable bonds is 2. The molecule has 86 valence electrons. The molecule has 0 N–H and O–H groups in total. The van der Waals surface area contributed by atoms with E-state index in [4.69, 9.17) is 0 Å². The van der Waals surface area contributed by atoms with E-state index in [0.717, 1.165) is 4.48 Å². The van der Waals surface area contributed by atoms with E-state index in [9.17, 15) is 0 Å². The van der Waals surface area contributed by atoms with Crippen LogP contribution in [0.15, 0.2) is 24.3 Å². The average Bonchev–Trinajstić information content (AvgIpc) is 2.01. The third kappa shape index (κ3) is 4.24. The molecule has 0 aromatic heterocycles. The topological polar surface area (TPSA) is 0 Å². The number of hydrogen-bond acceptors (Lipinski definition) is 0. The Kier molecular flexibility index (Phi) is 5.01. The highest BCUT2D eigenvalue weighted by Crippen LogP contribution is 2.15. The first-order valence-electron chi connectivity index (χ1n) is 5.14. The van der Waals surface area contributed by atoms with Crippen LogP contribution in [-0.2, 0) is 0 Å². The zero-order valence-corrected chi connectivity index (χ0v) is 13.8. The second-order valence-electron chi connectivity index (χ2n) is 5.81. The Bertz CT molecular complexity index is 273. The van der Waals surface area contributed by atoms with Gasteiger partial charge in [0.05, 0.1) is 29.2 Å². The van der Waals surface area contributed by atoms with Gasteiger partial charge in [0.2, 0.25) is 0 Å². The molecule has 0 fully saturated rings. The summed E-state index contributed by atoms with van der Waals surface area (Å²) in [5.41, 5.74) is 1.37. The maximum absolute atomic E-state index is 2.38. The first kappa shape index (κ1) is 15.1. The summed E-state index contributed by atoms with van der Waals surface area (Å²) in [6.45, 7) is 7.15. The summed E-state index contributed by atoms with van der Waals surface area (Å²) in [6, 6.07) is 9.11. The second kappa shape index (κ2) is 4.97. The predicted molar refractivity (Wildman–Crippen MR) is 69.0 cm³/mol. The first-order valence-corrected chi connectivity index (χ1v) is 8.64. The van der Waals surface area contributed by atoms with Gasteiger partial charge < -0.3 is 24.0 Å². The van der Waals surface area contributed by atoms with E-state index in [-0.39, 0.29) is 24.0 Å². The Morgan fingerprint density at radius 2 is 1.27 bits per heavy atom. The lowest BCUT2D eigenvalue weighted by Crippen LogP contribution is -3.00. The zero-order valence-electron chi connectivity index (χ0n) is 10.6. The molecule has 0 aliphatic heterocycles. The van der Waals surface area contributed by atoms with Crippen molar-refractivity contribution in [2.24, 2.45) is 0 Å². The van der Waals surface area contributed by atoms with Gasteiger partial charge in [0.25, 0.3) is 0 Å². The van der Waals surface area contributed by atoms with Crippen molar-refractivity contribution in [1.29, 1.82) is 0 Å². The van der Waals surface area contributed by atoms with Gasteiger partial charge in [-0.1, -0.05) is 37.0 Å². The monoisotopic (exact) mass is 335 g/mol. The highest BCUT2D eigenvalue weighted by atomic mass is 127. The summed E-state index contributed by atoms with van der Waals surface area (Å²) in [7, 11) is 5.47. The molecule has 0 heterocycles. The van der Waals surface area contributed by atoms with Crippen LogP contribution in [0.5, 0.6) is 0 Å². The van der Waals surface area contributed by atoms with E-state index in [1.807, 2.05) is 0 Å². The Morgan fingerprint density at radius 1 is 0.867 bits per heavy atom. The van der Waals surface area contributed by atoms with Gasteiger partial charge in [0, 0.05) is 0 Å². The van der Waals surface area contributed by atoms with E-state index in [1.54, 1.807) is 0 Å². The van der Waals surface area contributed by atoms with Crippen LogP contribution in [0.25, 0.3) is 0 Å². The van der Waals surface area contributed by atoms with E-state index in [1.165, 1.54) is 10.9 Å². The summed E-state index contributed by atoms with van der Waals surface area (Å²) in [6.07, 6.45) is 0. The molecule has 0 radical (unpaired) electrons. The van der Waals surface area contributed by atoms with Crippen LogP contribution in [-0.4, -0.2) is 29.2 Å². The molecule has 0 amide bonds. The smallest absolute Gasteiger partial charge is 0.132 e. The van der Waals surface area contributed by atoms with Crippen molar-refractivity contribution in [3.05, 3.63) is 24.3 Å². The third-order valence-corrected chi connectivity index (χ3v) is 4.57. The van der Waals surface area contributed by atoms with Crippen LogP contribution in [0, 0.1) is 0 Å². The minimum Gasteiger partial charge on any atom is -1.00 e. The number of halogens is 1. The van der Waals surface area contributed by atoms with Gasteiger partial charge in [-0.2, -0.15) is 0 Å². The lowest BCUT2D eigenvalue weighted by molar-refractivity contribution is -0.00000345. The molecule has 3 heteroatoms. The van der Waals surface area contributed by atoms with E-state index < -0.39 is 8.07 Å². The fraction of sp³-hybridized carbons (Fsp3) is 0.500. The Balaban J connectivity index is 0.00000196. The average molecular weight is 335 g/mol. The SMILES string of the molecule is C[N+](C)(C)c1ccc([Si](C)(C)C)cc1.[I-]. The van der Waals surface area contributed by atoms with Gasteiger partial charge in [-0.15, -0.1) is 0 Å².